The van der Waals surface area contributed by atoms with Gasteiger partial charge in [0.1, 0.15) is 12.1 Å². The summed E-state index contributed by atoms with van der Waals surface area (Å²) in [5.41, 5.74) is -0.926. The first-order chi connectivity index (χ1) is 7.55. The van der Waals surface area contributed by atoms with Crippen molar-refractivity contribution in [3.63, 3.8) is 0 Å². The predicted octanol–water partition coefficient (Wildman–Crippen LogP) is -1.25. The summed E-state index contributed by atoms with van der Waals surface area (Å²) in [6, 6.07) is -0.615. The minimum atomic E-state index is -1.19. The van der Waals surface area contributed by atoms with E-state index in [2.05, 4.69) is 10.6 Å². The molecule has 7 heteroatoms. The second-order valence-electron chi connectivity index (χ2n) is 4.08. The van der Waals surface area contributed by atoms with E-state index in [-0.39, 0.29) is 0 Å². The summed E-state index contributed by atoms with van der Waals surface area (Å²) in [6.07, 6.45) is 1.34. The molecule has 1 spiro atoms. The maximum Gasteiger partial charge on any atom is 0.325 e. The summed E-state index contributed by atoms with van der Waals surface area (Å²) >= 11 is 0. The number of rotatable bonds is 2. The molecular formula is C9H13N3O4. The van der Waals surface area contributed by atoms with E-state index in [1.54, 1.807) is 0 Å². The molecule has 3 amide bonds. The van der Waals surface area contributed by atoms with Gasteiger partial charge in [-0.05, 0) is 19.4 Å². The Hall–Kier alpha value is -1.63. The first kappa shape index (κ1) is 10.9. The molecule has 0 bridgehead atoms. The quantitative estimate of drug-likeness (QED) is 0.512. The van der Waals surface area contributed by atoms with E-state index in [0.717, 1.165) is 17.9 Å². The van der Waals surface area contributed by atoms with Crippen LogP contribution in [0.4, 0.5) is 4.79 Å². The van der Waals surface area contributed by atoms with E-state index < -0.39 is 30.0 Å². The molecule has 88 valence electrons. The van der Waals surface area contributed by atoms with E-state index in [1.165, 1.54) is 0 Å². The third kappa shape index (κ3) is 1.63. The van der Waals surface area contributed by atoms with Crippen LogP contribution in [-0.4, -0.2) is 53.1 Å². The fraction of sp³-hybridized carbons (Fsp3) is 0.667. The minimum Gasteiger partial charge on any atom is -0.480 e. The molecule has 0 aromatic carbocycles. The van der Waals surface area contributed by atoms with Gasteiger partial charge in [-0.25, -0.2) is 4.79 Å². The van der Waals surface area contributed by atoms with Crippen LogP contribution in [0.1, 0.15) is 12.8 Å². The van der Waals surface area contributed by atoms with Crippen LogP contribution in [0.3, 0.4) is 0 Å². The number of piperidine rings is 1. The van der Waals surface area contributed by atoms with Crippen molar-refractivity contribution in [1.29, 1.82) is 0 Å². The Morgan fingerprint density at radius 1 is 1.50 bits per heavy atom. The van der Waals surface area contributed by atoms with Crippen molar-refractivity contribution in [2.24, 2.45) is 0 Å². The van der Waals surface area contributed by atoms with Gasteiger partial charge in [-0.15, -0.1) is 0 Å². The molecule has 0 aromatic heterocycles. The normalized spacial score (nSPS) is 29.6. The molecule has 0 radical (unpaired) electrons. The molecule has 0 saturated carbocycles. The second kappa shape index (κ2) is 3.75. The summed E-state index contributed by atoms with van der Waals surface area (Å²) in [7, 11) is 0. The first-order valence-electron chi connectivity index (χ1n) is 5.12. The monoisotopic (exact) mass is 227 g/mol. The van der Waals surface area contributed by atoms with Crippen molar-refractivity contribution in [3.8, 4) is 0 Å². The zero-order valence-electron chi connectivity index (χ0n) is 8.65. The molecule has 2 aliphatic rings. The highest BCUT2D eigenvalue weighted by Crippen LogP contribution is 2.24. The smallest absolute Gasteiger partial charge is 0.325 e. The molecule has 2 saturated heterocycles. The van der Waals surface area contributed by atoms with Gasteiger partial charge in [-0.1, -0.05) is 0 Å². The maximum atomic E-state index is 12.0. The average molecular weight is 227 g/mol. The van der Waals surface area contributed by atoms with E-state index >= 15 is 0 Å². The van der Waals surface area contributed by atoms with Crippen LogP contribution in [0.2, 0.25) is 0 Å². The number of carbonyl (C=O) groups excluding carboxylic acids is 2. The van der Waals surface area contributed by atoms with Gasteiger partial charge < -0.3 is 15.7 Å². The Balaban J connectivity index is 2.17. The molecule has 2 aliphatic heterocycles. The van der Waals surface area contributed by atoms with Crippen molar-refractivity contribution in [3.05, 3.63) is 0 Å². The SMILES string of the molecule is O=C(O)CN1C(=O)N[C@]2(CCCNC2)C1=O. The van der Waals surface area contributed by atoms with Crippen LogP contribution >= 0.6 is 0 Å². The summed E-state index contributed by atoms with van der Waals surface area (Å²) in [6.45, 7) is 0.601. The third-order valence-corrected chi connectivity index (χ3v) is 2.92. The van der Waals surface area contributed by atoms with Crippen LogP contribution < -0.4 is 10.6 Å². The summed E-state index contributed by atoms with van der Waals surface area (Å²) < 4.78 is 0. The van der Waals surface area contributed by atoms with E-state index in [9.17, 15) is 14.4 Å². The molecule has 1 atom stereocenters. The highest BCUT2D eigenvalue weighted by Gasteiger charge is 2.51. The van der Waals surface area contributed by atoms with Crippen molar-refractivity contribution in [2.75, 3.05) is 19.6 Å². The Kier molecular flexibility index (Phi) is 2.55. The molecular weight excluding hydrogens is 214 g/mol. The molecule has 7 nitrogen and oxygen atoms in total. The van der Waals surface area contributed by atoms with Gasteiger partial charge in [0.2, 0.25) is 0 Å². The van der Waals surface area contributed by atoms with Crippen LogP contribution in [0.25, 0.3) is 0 Å². The van der Waals surface area contributed by atoms with E-state index in [0.29, 0.717) is 13.0 Å². The fourth-order valence-electron chi connectivity index (χ4n) is 2.15. The maximum absolute atomic E-state index is 12.0. The number of carboxylic acids is 1. The van der Waals surface area contributed by atoms with Crippen molar-refractivity contribution in [2.45, 2.75) is 18.4 Å². The highest BCUT2D eigenvalue weighted by atomic mass is 16.4. The van der Waals surface area contributed by atoms with Gasteiger partial charge in [-0.3, -0.25) is 14.5 Å². The number of carboxylic acid groups (broad SMARTS) is 1. The van der Waals surface area contributed by atoms with Gasteiger partial charge in [0.05, 0.1) is 0 Å². The molecule has 0 aromatic rings. The lowest BCUT2D eigenvalue weighted by Crippen LogP contribution is -2.57. The standard InChI is InChI=1S/C9H13N3O4/c13-6(14)4-12-7(15)9(11-8(12)16)2-1-3-10-5-9/h10H,1-5H2,(H,11,16)(H,13,14)/t9-/m0/s1. The first-order valence-corrected chi connectivity index (χ1v) is 5.12. The molecule has 0 aliphatic carbocycles. The number of imide groups is 1. The number of aliphatic carboxylic acids is 1. The third-order valence-electron chi connectivity index (χ3n) is 2.92. The number of amides is 3. The van der Waals surface area contributed by atoms with Crippen molar-refractivity contribution in [1.82, 2.24) is 15.5 Å². The number of nitrogens with zero attached hydrogens (tertiary/aromatic N) is 1. The minimum absolute atomic E-state index is 0.369. The van der Waals surface area contributed by atoms with Crippen LogP contribution in [0.5, 0.6) is 0 Å². The molecule has 16 heavy (non-hydrogen) atoms. The summed E-state index contributed by atoms with van der Waals surface area (Å²) in [5.74, 6) is -1.63. The summed E-state index contributed by atoms with van der Waals surface area (Å²) in [4.78, 5) is 34.8. The van der Waals surface area contributed by atoms with Gasteiger partial charge in [0.15, 0.2) is 0 Å². The Morgan fingerprint density at radius 3 is 2.81 bits per heavy atom. The topological polar surface area (TPSA) is 98.7 Å². The van der Waals surface area contributed by atoms with Gasteiger partial charge in [0, 0.05) is 6.54 Å². The number of hydrogen-bond acceptors (Lipinski definition) is 4. The predicted molar refractivity (Wildman–Crippen MR) is 52.7 cm³/mol. The summed E-state index contributed by atoms with van der Waals surface area (Å²) in [5, 5.41) is 14.2. The molecule has 3 N–H and O–H groups in total. The average Bonchev–Trinajstić information content (AvgIpc) is 2.44. The second-order valence-corrected chi connectivity index (χ2v) is 4.08. The zero-order chi connectivity index (χ0) is 11.8. The van der Waals surface area contributed by atoms with Crippen LogP contribution in [0.15, 0.2) is 0 Å². The molecule has 0 unspecified atom stereocenters. The lowest BCUT2D eigenvalue weighted by molar-refractivity contribution is -0.143. The molecule has 2 rings (SSSR count). The van der Waals surface area contributed by atoms with E-state index in [4.69, 9.17) is 5.11 Å². The lowest BCUT2D eigenvalue weighted by atomic mass is 9.90. The van der Waals surface area contributed by atoms with Crippen molar-refractivity contribution >= 4 is 17.9 Å². The van der Waals surface area contributed by atoms with Crippen LogP contribution in [0, 0.1) is 0 Å². The number of nitrogens with one attached hydrogen (secondary N) is 2. The van der Waals surface area contributed by atoms with Gasteiger partial charge in [-0.2, -0.15) is 0 Å². The Morgan fingerprint density at radius 2 is 2.25 bits per heavy atom. The largest absolute Gasteiger partial charge is 0.480 e. The van der Waals surface area contributed by atoms with E-state index in [1.807, 2.05) is 0 Å². The fourth-order valence-corrected chi connectivity index (χ4v) is 2.15. The highest BCUT2D eigenvalue weighted by molar-refractivity contribution is 6.08. The van der Waals surface area contributed by atoms with Crippen LogP contribution in [-0.2, 0) is 9.59 Å². The van der Waals surface area contributed by atoms with Gasteiger partial charge >= 0.3 is 12.0 Å². The number of hydrogen-bond donors (Lipinski definition) is 3. The number of urea groups is 1. The Bertz CT molecular complexity index is 349. The van der Waals surface area contributed by atoms with Gasteiger partial charge in [0.25, 0.3) is 5.91 Å². The van der Waals surface area contributed by atoms with Crippen molar-refractivity contribution < 1.29 is 19.5 Å². The zero-order valence-corrected chi connectivity index (χ0v) is 8.65. The molecule has 2 fully saturated rings. The Labute approximate surface area is 91.8 Å². The molecule has 2 heterocycles. The number of carbonyl (C=O) groups is 3. The lowest BCUT2D eigenvalue weighted by Gasteiger charge is -2.31.